The predicted octanol–water partition coefficient (Wildman–Crippen LogP) is 4.00. The Labute approximate surface area is 163 Å². The molecule has 5 nitrogen and oxygen atoms in total. The molecule has 0 radical (unpaired) electrons. The normalized spacial score (nSPS) is 10.9. The van der Waals surface area contributed by atoms with E-state index in [0.717, 1.165) is 22.5 Å². The van der Waals surface area contributed by atoms with Gasteiger partial charge in [0, 0.05) is 11.4 Å². The zero-order valence-electron chi connectivity index (χ0n) is 15.2. The summed E-state index contributed by atoms with van der Waals surface area (Å²) in [6.45, 7) is 3.82. The molecular formula is C21H20N4OS. The molecule has 0 aliphatic rings. The second-order valence-corrected chi connectivity index (χ2v) is 6.95. The highest BCUT2D eigenvalue weighted by molar-refractivity contribution is 7.99. The molecule has 0 aliphatic heterocycles. The largest absolute Gasteiger partial charge is 0.272 e. The van der Waals surface area contributed by atoms with Crippen LogP contribution in [-0.2, 0) is 4.79 Å². The maximum atomic E-state index is 11.9. The number of nitrogens with zero attached hydrogens (tertiary/aromatic N) is 3. The van der Waals surface area contributed by atoms with Crippen molar-refractivity contribution < 1.29 is 4.79 Å². The lowest BCUT2D eigenvalue weighted by Gasteiger charge is -2.03. The van der Waals surface area contributed by atoms with E-state index in [1.54, 1.807) is 6.21 Å². The highest BCUT2D eigenvalue weighted by atomic mass is 32.2. The van der Waals surface area contributed by atoms with Crippen LogP contribution in [0, 0.1) is 13.8 Å². The molecule has 136 valence electrons. The van der Waals surface area contributed by atoms with Crippen LogP contribution in [0.3, 0.4) is 0 Å². The van der Waals surface area contributed by atoms with Gasteiger partial charge < -0.3 is 0 Å². The first-order valence-corrected chi connectivity index (χ1v) is 9.51. The highest BCUT2D eigenvalue weighted by Gasteiger charge is 2.05. The van der Waals surface area contributed by atoms with Crippen molar-refractivity contribution in [2.24, 2.45) is 5.10 Å². The second-order valence-electron chi connectivity index (χ2n) is 6.00. The predicted molar refractivity (Wildman–Crippen MR) is 110 cm³/mol. The molecule has 2 aromatic carbocycles. The number of hydrogen-bond donors (Lipinski definition) is 1. The van der Waals surface area contributed by atoms with Crippen LogP contribution in [0.1, 0.15) is 17.0 Å². The van der Waals surface area contributed by atoms with Crippen molar-refractivity contribution in [3.63, 3.8) is 0 Å². The summed E-state index contributed by atoms with van der Waals surface area (Å²) in [5, 5.41) is 4.61. The number of carbonyl (C=O) groups is 1. The van der Waals surface area contributed by atoms with E-state index < -0.39 is 0 Å². The van der Waals surface area contributed by atoms with Crippen molar-refractivity contribution in [1.82, 2.24) is 15.4 Å². The number of amides is 1. The Morgan fingerprint density at radius 1 is 1.00 bits per heavy atom. The third kappa shape index (κ3) is 5.76. The molecule has 6 heteroatoms. The lowest BCUT2D eigenvalue weighted by molar-refractivity contribution is -0.118. The molecule has 0 aliphatic carbocycles. The standard InChI is InChI=1S/C21H20N4OS/c1-15-12-16(2)24-21(23-15)27-14-20(26)25-22-13-17-8-10-19(11-9-17)18-6-4-3-5-7-18/h3-13H,14H2,1-2H3,(H,25,26)/b22-13-. The van der Waals surface area contributed by atoms with E-state index in [2.05, 4.69) is 32.6 Å². The van der Waals surface area contributed by atoms with Crippen LogP contribution in [0.25, 0.3) is 11.1 Å². The summed E-state index contributed by atoms with van der Waals surface area (Å²) in [7, 11) is 0. The molecule has 0 saturated heterocycles. The van der Waals surface area contributed by atoms with Gasteiger partial charge in [-0.1, -0.05) is 66.4 Å². The Balaban J connectivity index is 1.50. The molecule has 3 rings (SSSR count). The maximum Gasteiger partial charge on any atom is 0.250 e. The zero-order valence-corrected chi connectivity index (χ0v) is 16.0. The molecule has 0 bridgehead atoms. The van der Waals surface area contributed by atoms with E-state index in [4.69, 9.17) is 0 Å². The van der Waals surface area contributed by atoms with Gasteiger partial charge in [0.25, 0.3) is 5.91 Å². The maximum absolute atomic E-state index is 11.9. The first-order chi connectivity index (χ1) is 13.1. The SMILES string of the molecule is Cc1cc(C)nc(SCC(=O)N/N=C\c2ccc(-c3ccccc3)cc2)n1. The fourth-order valence-corrected chi connectivity index (χ4v) is 3.23. The summed E-state index contributed by atoms with van der Waals surface area (Å²) < 4.78 is 0. The van der Waals surface area contributed by atoms with Gasteiger partial charge in [0.15, 0.2) is 5.16 Å². The molecule has 1 aromatic heterocycles. The summed E-state index contributed by atoms with van der Waals surface area (Å²) in [5.41, 5.74) is 7.54. The number of rotatable bonds is 6. The monoisotopic (exact) mass is 376 g/mol. The molecule has 0 saturated carbocycles. The van der Waals surface area contributed by atoms with Crippen molar-refractivity contribution in [1.29, 1.82) is 0 Å². The first kappa shape index (κ1) is 18.8. The summed E-state index contributed by atoms with van der Waals surface area (Å²) in [5.74, 6) is 0.0209. The van der Waals surface area contributed by atoms with Crippen molar-refractivity contribution in [3.8, 4) is 11.1 Å². The second kappa shape index (κ2) is 9.09. The van der Waals surface area contributed by atoms with Crippen LogP contribution in [-0.4, -0.2) is 27.8 Å². The topological polar surface area (TPSA) is 67.2 Å². The van der Waals surface area contributed by atoms with E-state index in [-0.39, 0.29) is 11.7 Å². The van der Waals surface area contributed by atoms with Crippen LogP contribution >= 0.6 is 11.8 Å². The average molecular weight is 376 g/mol. The van der Waals surface area contributed by atoms with Crippen LogP contribution in [0.15, 0.2) is 70.9 Å². The smallest absolute Gasteiger partial charge is 0.250 e. The first-order valence-electron chi connectivity index (χ1n) is 8.52. The minimum absolute atomic E-state index is 0.195. The number of nitrogens with one attached hydrogen (secondary N) is 1. The van der Waals surface area contributed by atoms with Crippen LogP contribution in [0.4, 0.5) is 0 Å². The molecule has 0 atom stereocenters. The molecule has 3 aromatic rings. The van der Waals surface area contributed by atoms with Crippen LogP contribution in [0.5, 0.6) is 0 Å². The van der Waals surface area contributed by atoms with Crippen LogP contribution < -0.4 is 5.43 Å². The Kier molecular flexibility index (Phi) is 6.33. The number of hydrogen-bond acceptors (Lipinski definition) is 5. The molecule has 0 spiro atoms. The number of hydrazone groups is 1. The third-order valence-corrected chi connectivity index (χ3v) is 4.56. The average Bonchev–Trinajstić information content (AvgIpc) is 2.67. The lowest BCUT2D eigenvalue weighted by atomic mass is 10.0. The molecule has 0 fully saturated rings. The van der Waals surface area contributed by atoms with Crippen molar-refractivity contribution in [3.05, 3.63) is 77.6 Å². The van der Waals surface area contributed by atoms with Crippen molar-refractivity contribution >= 4 is 23.9 Å². The molecule has 0 unspecified atom stereocenters. The van der Waals surface area contributed by atoms with Gasteiger partial charge in [-0.25, -0.2) is 15.4 Å². The van der Waals surface area contributed by atoms with Crippen molar-refractivity contribution in [2.45, 2.75) is 19.0 Å². The molecule has 1 heterocycles. The third-order valence-electron chi connectivity index (χ3n) is 3.71. The molecular weight excluding hydrogens is 356 g/mol. The molecule has 1 N–H and O–H groups in total. The summed E-state index contributed by atoms with van der Waals surface area (Å²) in [6, 6.07) is 20.1. The summed E-state index contributed by atoms with van der Waals surface area (Å²) in [4.78, 5) is 20.5. The van der Waals surface area contributed by atoms with Crippen molar-refractivity contribution in [2.75, 3.05) is 5.75 Å². The Morgan fingerprint density at radius 3 is 2.30 bits per heavy atom. The zero-order chi connectivity index (χ0) is 19.1. The fraction of sp³-hybridized carbons (Fsp3) is 0.143. The van der Waals surface area contributed by atoms with E-state index in [1.807, 2.05) is 62.4 Å². The van der Waals surface area contributed by atoms with Gasteiger partial charge in [0.2, 0.25) is 0 Å². The van der Waals surface area contributed by atoms with Gasteiger partial charge in [0.05, 0.1) is 12.0 Å². The van der Waals surface area contributed by atoms with Gasteiger partial charge in [-0.15, -0.1) is 0 Å². The fourth-order valence-electron chi connectivity index (χ4n) is 2.49. The Bertz CT molecular complexity index is 920. The van der Waals surface area contributed by atoms with Gasteiger partial charge in [-0.3, -0.25) is 4.79 Å². The van der Waals surface area contributed by atoms with E-state index >= 15 is 0 Å². The number of aryl methyl sites for hydroxylation is 2. The molecule has 27 heavy (non-hydrogen) atoms. The summed E-state index contributed by atoms with van der Waals surface area (Å²) >= 11 is 1.29. The minimum atomic E-state index is -0.195. The molecule has 1 amide bonds. The quantitative estimate of drug-likeness (QED) is 0.306. The number of benzene rings is 2. The number of carbonyl (C=O) groups excluding carboxylic acids is 1. The van der Waals surface area contributed by atoms with Gasteiger partial charge >= 0.3 is 0 Å². The van der Waals surface area contributed by atoms with Gasteiger partial charge in [0.1, 0.15) is 0 Å². The number of thioether (sulfide) groups is 1. The van der Waals surface area contributed by atoms with Gasteiger partial charge in [-0.2, -0.15) is 5.10 Å². The minimum Gasteiger partial charge on any atom is -0.272 e. The number of aromatic nitrogens is 2. The summed E-state index contributed by atoms with van der Waals surface area (Å²) in [6.07, 6.45) is 1.63. The lowest BCUT2D eigenvalue weighted by Crippen LogP contribution is -2.19. The van der Waals surface area contributed by atoms with E-state index in [9.17, 15) is 4.79 Å². The van der Waals surface area contributed by atoms with E-state index in [1.165, 1.54) is 17.3 Å². The van der Waals surface area contributed by atoms with E-state index in [0.29, 0.717) is 5.16 Å². The Hall–Kier alpha value is -2.99. The highest BCUT2D eigenvalue weighted by Crippen LogP contribution is 2.18. The van der Waals surface area contributed by atoms with Crippen LogP contribution in [0.2, 0.25) is 0 Å². The Morgan fingerprint density at radius 2 is 1.63 bits per heavy atom. The van der Waals surface area contributed by atoms with Gasteiger partial charge in [-0.05, 0) is 36.6 Å².